The van der Waals surface area contributed by atoms with Gasteiger partial charge in [-0.05, 0) is 37.1 Å². The van der Waals surface area contributed by atoms with E-state index < -0.39 is 0 Å². The number of carbonyl (C=O) groups excluding carboxylic acids is 1. The Kier molecular flexibility index (Phi) is 3.74. The van der Waals surface area contributed by atoms with E-state index in [0.29, 0.717) is 17.0 Å². The summed E-state index contributed by atoms with van der Waals surface area (Å²) in [5, 5.41) is 3.18. The van der Waals surface area contributed by atoms with E-state index in [2.05, 4.69) is 10.3 Å². The average Bonchev–Trinajstić information content (AvgIpc) is 2.94. The predicted molar refractivity (Wildman–Crippen MR) is 87.6 cm³/mol. The van der Waals surface area contributed by atoms with Crippen LogP contribution in [0, 0.1) is 13.8 Å². The number of aromatic nitrogens is 1. The zero-order chi connectivity index (χ0) is 15.5. The molecule has 0 spiro atoms. The van der Waals surface area contributed by atoms with Crippen LogP contribution in [0.2, 0.25) is 0 Å². The molecule has 1 heterocycles. The minimum Gasteiger partial charge on any atom is -0.436 e. The molecule has 4 nitrogen and oxygen atoms in total. The maximum Gasteiger partial charge on any atom is 0.232 e. The van der Waals surface area contributed by atoms with Crippen molar-refractivity contribution in [3.8, 4) is 0 Å². The number of carbonyl (C=O) groups is 1. The predicted octanol–water partition coefficient (Wildman–Crippen LogP) is 4.10. The molecule has 0 amide bonds. The van der Waals surface area contributed by atoms with Crippen LogP contribution in [0.25, 0.3) is 16.7 Å². The Hall–Kier alpha value is -2.88. The smallest absolute Gasteiger partial charge is 0.232 e. The lowest BCUT2D eigenvalue weighted by atomic mass is 10.1. The number of para-hydroxylation sites is 3. The van der Waals surface area contributed by atoms with Crippen molar-refractivity contribution in [3.63, 3.8) is 0 Å². The van der Waals surface area contributed by atoms with Crippen molar-refractivity contribution in [3.05, 3.63) is 65.7 Å². The van der Waals surface area contributed by atoms with Crippen molar-refractivity contribution in [2.24, 2.45) is 0 Å². The van der Waals surface area contributed by atoms with Crippen LogP contribution < -0.4 is 5.32 Å². The summed E-state index contributed by atoms with van der Waals surface area (Å²) in [4.78, 5) is 15.7. The van der Waals surface area contributed by atoms with E-state index in [1.54, 1.807) is 6.20 Å². The normalized spacial score (nSPS) is 11.6. The minimum atomic E-state index is 0.315. The molecule has 0 bridgehead atoms. The van der Waals surface area contributed by atoms with Gasteiger partial charge in [0.15, 0.2) is 11.9 Å². The molecule has 2 aromatic carbocycles. The summed E-state index contributed by atoms with van der Waals surface area (Å²) in [6, 6.07) is 13.5. The highest BCUT2D eigenvalue weighted by atomic mass is 16.3. The number of anilines is 1. The van der Waals surface area contributed by atoms with E-state index in [1.807, 2.05) is 56.3 Å². The molecule has 3 aromatic rings. The van der Waals surface area contributed by atoms with Gasteiger partial charge in [-0.2, -0.15) is 0 Å². The molecule has 0 aliphatic carbocycles. The van der Waals surface area contributed by atoms with Gasteiger partial charge in [-0.3, -0.25) is 4.79 Å². The molecule has 110 valence electrons. The zero-order valence-electron chi connectivity index (χ0n) is 12.5. The molecule has 0 unspecified atom stereocenters. The summed E-state index contributed by atoms with van der Waals surface area (Å²) in [5.41, 5.74) is 4.98. The SMILES string of the molecule is Cc1cccc(C)c1NC=C(C=O)c1nc2ccccc2o1. The molecule has 1 N–H and O–H groups in total. The lowest BCUT2D eigenvalue weighted by Gasteiger charge is -2.09. The fourth-order valence-electron chi connectivity index (χ4n) is 2.33. The monoisotopic (exact) mass is 292 g/mol. The molecule has 1 aromatic heterocycles. The number of rotatable bonds is 4. The van der Waals surface area contributed by atoms with E-state index in [4.69, 9.17) is 4.42 Å². The molecule has 0 radical (unpaired) electrons. The van der Waals surface area contributed by atoms with Crippen molar-refractivity contribution in [2.45, 2.75) is 13.8 Å². The van der Waals surface area contributed by atoms with Gasteiger partial charge >= 0.3 is 0 Å². The Bertz CT molecular complexity index is 809. The van der Waals surface area contributed by atoms with Crippen molar-refractivity contribution in [2.75, 3.05) is 5.32 Å². The number of benzene rings is 2. The average molecular weight is 292 g/mol. The Morgan fingerprint density at radius 1 is 1.09 bits per heavy atom. The third kappa shape index (κ3) is 2.63. The zero-order valence-corrected chi connectivity index (χ0v) is 12.5. The summed E-state index contributed by atoms with van der Waals surface area (Å²) in [7, 11) is 0. The first-order chi connectivity index (χ1) is 10.7. The Morgan fingerprint density at radius 2 is 1.82 bits per heavy atom. The number of fused-ring (bicyclic) bond motifs is 1. The van der Waals surface area contributed by atoms with Crippen molar-refractivity contribution in [1.82, 2.24) is 4.98 Å². The first-order valence-electron chi connectivity index (χ1n) is 7.03. The van der Waals surface area contributed by atoms with E-state index in [-0.39, 0.29) is 0 Å². The van der Waals surface area contributed by atoms with Crippen LogP contribution >= 0.6 is 0 Å². The van der Waals surface area contributed by atoms with E-state index in [0.717, 1.165) is 28.6 Å². The van der Waals surface area contributed by atoms with Crippen LogP contribution in [0.1, 0.15) is 17.0 Å². The molecule has 0 saturated heterocycles. The third-order valence-corrected chi connectivity index (χ3v) is 3.52. The molecule has 4 heteroatoms. The number of allylic oxidation sites excluding steroid dienone is 1. The topological polar surface area (TPSA) is 55.1 Å². The highest BCUT2D eigenvalue weighted by molar-refractivity contribution is 6.06. The van der Waals surface area contributed by atoms with Crippen molar-refractivity contribution >= 4 is 28.6 Å². The number of oxazole rings is 1. The summed E-state index contributed by atoms with van der Waals surface area (Å²) >= 11 is 0. The Balaban J connectivity index is 1.95. The van der Waals surface area contributed by atoms with Crippen LogP contribution in [-0.4, -0.2) is 11.3 Å². The van der Waals surface area contributed by atoms with Gasteiger partial charge in [0.25, 0.3) is 0 Å². The number of hydrogen-bond acceptors (Lipinski definition) is 4. The second-order valence-electron chi connectivity index (χ2n) is 5.12. The maximum atomic E-state index is 11.4. The fraction of sp³-hybridized carbons (Fsp3) is 0.111. The van der Waals surface area contributed by atoms with Gasteiger partial charge in [0.2, 0.25) is 5.89 Å². The van der Waals surface area contributed by atoms with Crippen molar-refractivity contribution in [1.29, 1.82) is 0 Å². The summed E-state index contributed by atoms with van der Waals surface area (Å²) in [5.74, 6) is 0.315. The fourth-order valence-corrected chi connectivity index (χ4v) is 2.33. The van der Waals surface area contributed by atoms with Gasteiger partial charge in [-0.25, -0.2) is 4.98 Å². The quantitative estimate of drug-likeness (QED) is 0.581. The number of aldehydes is 1. The van der Waals surface area contributed by atoms with Gasteiger partial charge in [-0.15, -0.1) is 0 Å². The first kappa shape index (κ1) is 14.1. The molecule has 0 fully saturated rings. The molecular weight excluding hydrogens is 276 g/mol. The van der Waals surface area contributed by atoms with Crippen LogP contribution in [0.15, 0.2) is 53.1 Å². The van der Waals surface area contributed by atoms with Crippen molar-refractivity contribution < 1.29 is 9.21 Å². The Morgan fingerprint density at radius 3 is 2.50 bits per heavy atom. The van der Waals surface area contributed by atoms with Gasteiger partial charge in [-0.1, -0.05) is 30.3 Å². The van der Waals surface area contributed by atoms with Gasteiger partial charge in [0.05, 0.1) is 5.57 Å². The lowest BCUT2D eigenvalue weighted by molar-refractivity contribution is -0.103. The Labute approximate surface area is 128 Å². The molecule has 0 atom stereocenters. The molecule has 22 heavy (non-hydrogen) atoms. The van der Waals surface area contributed by atoms with Crippen LogP contribution in [0.5, 0.6) is 0 Å². The summed E-state index contributed by atoms with van der Waals surface area (Å²) in [6.45, 7) is 4.03. The molecule has 0 aliphatic heterocycles. The number of nitrogens with one attached hydrogen (secondary N) is 1. The van der Waals surface area contributed by atoms with E-state index in [1.165, 1.54) is 0 Å². The van der Waals surface area contributed by atoms with Gasteiger partial charge in [0.1, 0.15) is 5.52 Å². The van der Waals surface area contributed by atoms with Crippen LogP contribution in [0.4, 0.5) is 5.69 Å². The standard InChI is InChI=1S/C18H16N2O2/c1-12-6-5-7-13(2)17(12)19-10-14(11-21)18-20-15-8-3-4-9-16(15)22-18/h3-11,19H,1-2H3. The maximum absolute atomic E-state index is 11.4. The van der Waals surface area contributed by atoms with Gasteiger partial charge in [0, 0.05) is 11.9 Å². The molecule has 0 saturated carbocycles. The highest BCUT2D eigenvalue weighted by Gasteiger charge is 2.10. The summed E-state index contributed by atoms with van der Waals surface area (Å²) < 4.78 is 5.62. The minimum absolute atomic E-state index is 0.315. The second kappa shape index (κ2) is 5.85. The number of hydrogen-bond donors (Lipinski definition) is 1. The number of nitrogens with zero attached hydrogens (tertiary/aromatic N) is 1. The van der Waals surface area contributed by atoms with Gasteiger partial charge < -0.3 is 9.73 Å². The van der Waals surface area contributed by atoms with Crippen LogP contribution in [-0.2, 0) is 4.79 Å². The summed E-state index contributed by atoms with van der Waals surface area (Å²) in [6.07, 6.45) is 2.37. The largest absolute Gasteiger partial charge is 0.436 e. The highest BCUT2D eigenvalue weighted by Crippen LogP contribution is 2.22. The van der Waals surface area contributed by atoms with E-state index in [9.17, 15) is 4.79 Å². The molecule has 3 rings (SSSR count). The number of aryl methyl sites for hydroxylation is 2. The molecular formula is C18H16N2O2. The molecule has 0 aliphatic rings. The second-order valence-corrected chi connectivity index (χ2v) is 5.12. The lowest BCUT2D eigenvalue weighted by Crippen LogP contribution is -1.97. The van der Waals surface area contributed by atoms with E-state index >= 15 is 0 Å². The van der Waals surface area contributed by atoms with Crippen LogP contribution in [0.3, 0.4) is 0 Å². The third-order valence-electron chi connectivity index (χ3n) is 3.52. The first-order valence-corrected chi connectivity index (χ1v) is 7.03.